The van der Waals surface area contributed by atoms with Crippen LogP contribution in [0.1, 0.15) is 0 Å². The molecular formula is C49H32N2O. The van der Waals surface area contributed by atoms with Crippen molar-refractivity contribution in [2.24, 2.45) is 0 Å². The van der Waals surface area contributed by atoms with Crippen molar-refractivity contribution in [3.05, 3.63) is 194 Å². The summed E-state index contributed by atoms with van der Waals surface area (Å²) in [4.78, 5) is 6.77. The van der Waals surface area contributed by atoms with Gasteiger partial charge in [-0.1, -0.05) is 140 Å². The average molecular weight is 665 g/mol. The fourth-order valence-electron chi connectivity index (χ4n) is 7.71. The normalized spacial score (nSPS) is 11.5. The summed E-state index contributed by atoms with van der Waals surface area (Å²) in [6.45, 7) is 0. The first kappa shape index (κ1) is 29.9. The number of pyridine rings is 1. The minimum Gasteiger partial charge on any atom is -0.455 e. The monoisotopic (exact) mass is 664 g/mol. The lowest BCUT2D eigenvalue weighted by atomic mass is 9.92. The van der Waals surface area contributed by atoms with E-state index in [0.29, 0.717) is 0 Å². The molecule has 0 amide bonds. The van der Waals surface area contributed by atoms with E-state index in [1.165, 1.54) is 27.5 Å². The molecule has 10 rings (SSSR count). The van der Waals surface area contributed by atoms with Gasteiger partial charge in [0.15, 0.2) is 0 Å². The lowest BCUT2D eigenvalue weighted by Gasteiger charge is -2.28. The molecule has 0 aliphatic rings. The Labute approximate surface area is 301 Å². The Bertz CT molecular complexity index is 2910. The molecule has 0 spiro atoms. The summed E-state index contributed by atoms with van der Waals surface area (Å²) in [5, 5.41) is 6.74. The van der Waals surface area contributed by atoms with Crippen molar-refractivity contribution < 1.29 is 4.42 Å². The number of nitrogens with zero attached hydrogens (tertiary/aromatic N) is 2. The predicted octanol–water partition coefficient (Wildman–Crippen LogP) is 13.8. The first-order chi connectivity index (χ1) is 25.8. The van der Waals surface area contributed by atoms with E-state index in [0.717, 1.165) is 66.5 Å². The molecule has 0 saturated heterocycles. The number of rotatable bonds is 6. The zero-order valence-corrected chi connectivity index (χ0v) is 28.3. The van der Waals surface area contributed by atoms with Crippen molar-refractivity contribution in [1.82, 2.24) is 4.98 Å². The van der Waals surface area contributed by atoms with E-state index in [-0.39, 0.29) is 0 Å². The molecule has 3 heteroatoms. The molecule has 0 saturated carbocycles. The summed E-state index contributed by atoms with van der Waals surface area (Å²) < 4.78 is 6.51. The van der Waals surface area contributed by atoms with Crippen LogP contribution in [0.3, 0.4) is 0 Å². The van der Waals surface area contributed by atoms with Crippen molar-refractivity contribution in [2.75, 3.05) is 4.90 Å². The Morgan fingerprint density at radius 2 is 1.04 bits per heavy atom. The Morgan fingerprint density at radius 1 is 0.404 bits per heavy atom. The summed E-state index contributed by atoms with van der Waals surface area (Å²) in [6, 6.07) is 65.1. The van der Waals surface area contributed by atoms with Crippen LogP contribution in [0.2, 0.25) is 0 Å². The quantitative estimate of drug-likeness (QED) is 0.177. The maximum Gasteiger partial charge on any atom is 0.143 e. The number of anilines is 3. The Morgan fingerprint density at radius 3 is 1.83 bits per heavy atom. The van der Waals surface area contributed by atoms with Crippen molar-refractivity contribution in [3.8, 4) is 33.4 Å². The summed E-state index contributed by atoms with van der Waals surface area (Å²) in [5.74, 6) is 0. The molecule has 0 aliphatic carbocycles. The average Bonchev–Trinajstić information content (AvgIpc) is 3.61. The summed E-state index contributed by atoms with van der Waals surface area (Å²) in [6.07, 6.45) is 3.67. The SMILES string of the molecule is c1ccc(-c2ccccc2N(c2cccc(-c3ccc(-c4ccccc4)c4ccccc34)c2)c2ccc3ccc4c5cnccc5oc4c3c2)cc1. The Kier molecular flexibility index (Phi) is 7.14. The van der Waals surface area contributed by atoms with Gasteiger partial charge in [0.05, 0.1) is 5.69 Å². The van der Waals surface area contributed by atoms with Gasteiger partial charge in [-0.25, -0.2) is 0 Å². The zero-order valence-electron chi connectivity index (χ0n) is 28.3. The highest BCUT2D eigenvalue weighted by molar-refractivity contribution is 6.15. The zero-order chi connectivity index (χ0) is 34.4. The van der Waals surface area contributed by atoms with Gasteiger partial charge in [0.25, 0.3) is 0 Å². The molecule has 0 atom stereocenters. The van der Waals surface area contributed by atoms with Crippen molar-refractivity contribution in [2.45, 2.75) is 0 Å². The second kappa shape index (κ2) is 12.4. The van der Waals surface area contributed by atoms with Crippen LogP contribution >= 0.6 is 0 Å². The smallest absolute Gasteiger partial charge is 0.143 e. The highest BCUT2D eigenvalue weighted by Crippen LogP contribution is 2.45. The molecule has 0 radical (unpaired) electrons. The number of benzene rings is 8. The third-order valence-corrected chi connectivity index (χ3v) is 10.2. The maximum absolute atomic E-state index is 6.51. The standard InChI is InChI=1S/C49H32N2O/c1-3-12-33(13-4-1)39-26-27-40(43-20-8-7-19-42(39)43)36-16-11-17-37(30-36)51(47-21-10-9-18-41(47)34-14-5-2-6-15-34)38-24-22-35-23-25-44-46-32-50-29-28-48(46)52-49(44)45(35)31-38/h1-32H. The fourth-order valence-corrected chi connectivity index (χ4v) is 7.71. The van der Waals surface area contributed by atoms with Crippen LogP contribution in [0.25, 0.3) is 76.9 Å². The van der Waals surface area contributed by atoms with E-state index >= 15 is 0 Å². The number of furan rings is 1. The second-order valence-electron chi connectivity index (χ2n) is 13.2. The Balaban J connectivity index is 1.19. The topological polar surface area (TPSA) is 29.3 Å². The van der Waals surface area contributed by atoms with Gasteiger partial charge in [0.2, 0.25) is 0 Å². The van der Waals surface area contributed by atoms with E-state index in [1.807, 2.05) is 12.3 Å². The van der Waals surface area contributed by atoms with Gasteiger partial charge in [-0.2, -0.15) is 0 Å². The maximum atomic E-state index is 6.51. The van der Waals surface area contributed by atoms with Crippen LogP contribution in [0.15, 0.2) is 199 Å². The number of hydrogen-bond donors (Lipinski definition) is 0. The van der Waals surface area contributed by atoms with Gasteiger partial charge >= 0.3 is 0 Å². The van der Waals surface area contributed by atoms with E-state index in [2.05, 4.69) is 186 Å². The van der Waals surface area contributed by atoms with E-state index in [4.69, 9.17) is 4.42 Å². The van der Waals surface area contributed by atoms with Crippen molar-refractivity contribution >= 4 is 60.5 Å². The highest BCUT2D eigenvalue weighted by atomic mass is 16.3. The van der Waals surface area contributed by atoms with Gasteiger partial charge in [-0.15, -0.1) is 0 Å². The molecular weight excluding hydrogens is 633 g/mol. The molecule has 8 aromatic carbocycles. The van der Waals surface area contributed by atoms with E-state index in [1.54, 1.807) is 6.20 Å². The van der Waals surface area contributed by atoms with Crippen LogP contribution in [-0.2, 0) is 0 Å². The molecule has 0 bridgehead atoms. The molecule has 10 aromatic rings. The minimum atomic E-state index is 0.840. The van der Waals surface area contributed by atoms with Crippen molar-refractivity contribution in [3.63, 3.8) is 0 Å². The molecule has 0 unspecified atom stereocenters. The fraction of sp³-hybridized carbons (Fsp3) is 0. The number of hydrogen-bond acceptors (Lipinski definition) is 3. The number of aromatic nitrogens is 1. The third kappa shape index (κ3) is 5.02. The van der Waals surface area contributed by atoms with Crippen LogP contribution in [0.4, 0.5) is 17.1 Å². The Hall–Kier alpha value is -6.97. The molecule has 244 valence electrons. The largest absolute Gasteiger partial charge is 0.455 e. The molecule has 0 N–H and O–H groups in total. The van der Waals surface area contributed by atoms with Gasteiger partial charge in [0, 0.05) is 45.5 Å². The third-order valence-electron chi connectivity index (χ3n) is 10.2. The van der Waals surface area contributed by atoms with Crippen molar-refractivity contribution in [1.29, 1.82) is 0 Å². The van der Waals surface area contributed by atoms with Gasteiger partial charge < -0.3 is 9.32 Å². The predicted molar refractivity (Wildman–Crippen MR) is 218 cm³/mol. The van der Waals surface area contributed by atoms with Gasteiger partial charge in [-0.3, -0.25) is 4.98 Å². The summed E-state index contributed by atoms with van der Waals surface area (Å²) >= 11 is 0. The molecule has 52 heavy (non-hydrogen) atoms. The van der Waals surface area contributed by atoms with E-state index < -0.39 is 0 Å². The summed E-state index contributed by atoms with van der Waals surface area (Å²) in [7, 11) is 0. The van der Waals surface area contributed by atoms with E-state index in [9.17, 15) is 0 Å². The van der Waals surface area contributed by atoms with Crippen LogP contribution < -0.4 is 4.90 Å². The summed E-state index contributed by atoms with van der Waals surface area (Å²) in [5.41, 5.74) is 12.0. The van der Waals surface area contributed by atoms with Gasteiger partial charge in [0.1, 0.15) is 11.2 Å². The first-order valence-corrected chi connectivity index (χ1v) is 17.6. The van der Waals surface area contributed by atoms with Gasteiger partial charge in [-0.05, 0) is 86.4 Å². The van der Waals surface area contributed by atoms with Crippen LogP contribution in [0.5, 0.6) is 0 Å². The molecule has 3 nitrogen and oxygen atoms in total. The number of fused-ring (bicyclic) bond motifs is 6. The lowest BCUT2D eigenvalue weighted by Crippen LogP contribution is -2.11. The molecule has 2 aromatic heterocycles. The second-order valence-corrected chi connectivity index (χ2v) is 13.2. The molecule has 0 fully saturated rings. The van der Waals surface area contributed by atoms with Crippen LogP contribution in [-0.4, -0.2) is 4.98 Å². The van der Waals surface area contributed by atoms with Crippen LogP contribution in [0, 0.1) is 0 Å². The first-order valence-electron chi connectivity index (χ1n) is 17.6. The number of para-hydroxylation sites is 1. The lowest BCUT2D eigenvalue weighted by molar-refractivity contribution is 0.672. The minimum absolute atomic E-state index is 0.840. The molecule has 0 aliphatic heterocycles. The highest BCUT2D eigenvalue weighted by Gasteiger charge is 2.20. The molecule has 2 heterocycles.